The van der Waals surface area contributed by atoms with Gasteiger partial charge in [-0.2, -0.15) is 0 Å². The molecular formula is C13H24Si. The minimum Gasteiger partial charge on any atom is -0.127 e. The van der Waals surface area contributed by atoms with Crippen LogP contribution in [0.4, 0.5) is 0 Å². The molecule has 0 spiro atoms. The average molecular weight is 208 g/mol. The van der Waals surface area contributed by atoms with E-state index in [9.17, 15) is 0 Å². The molecule has 0 heterocycles. The van der Waals surface area contributed by atoms with Crippen LogP contribution in [0, 0.1) is 17.4 Å². The summed E-state index contributed by atoms with van der Waals surface area (Å²) < 4.78 is 0. The lowest BCUT2D eigenvalue weighted by Gasteiger charge is -2.10. The molecule has 0 aromatic rings. The molecule has 0 unspecified atom stereocenters. The first kappa shape index (κ1) is 13.5. The topological polar surface area (TPSA) is 0 Å². The molecule has 0 fully saturated rings. The van der Waals surface area contributed by atoms with Crippen LogP contribution in [0.15, 0.2) is 11.1 Å². The molecule has 0 nitrogen and oxygen atoms in total. The predicted octanol–water partition coefficient (Wildman–Crippen LogP) is 4.25. The van der Waals surface area contributed by atoms with Gasteiger partial charge in [-0.1, -0.05) is 51.9 Å². The minimum absolute atomic E-state index is 0.568. The van der Waals surface area contributed by atoms with Crippen LogP contribution in [-0.4, -0.2) is 8.07 Å². The highest BCUT2D eigenvalue weighted by Gasteiger charge is 2.09. The largest absolute Gasteiger partial charge is 0.129 e. The van der Waals surface area contributed by atoms with Gasteiger partial charge >= 0.3 is 0 Å². The molecular weight excluding hydrogens is 184 g/mol. The van der Waals surface area contributed by atoms with Gasteiger partial charge in [-0.3, -0.25) is 0 Å². The maximum Gasteiger partial charge on any atom is 0.129 e. The Kier molecular flexibility index (Phi) is 5.22. The van der Waals surface area contributed by atoms with Gasteiger partial charge in [0, 0.05) is 5.57 Å². The summed E-state index contributed by atoms with van der Waals surface area (Å²) in [6.07, 6.45) is 1.12. The van der Waals surface area contributed by atoms with Gasteiger partial charge in [0.05, 0.1) is 0 Å². The van der Waals surface area contributed by atoms with Crippen molar-refractivity contribution in [3.05, 3.63) is 11.1 Å². The monoisotopic (exact) mass is 208 g/mol. The summed E-state index contributed by atoms with van der Waals surface area (Å²) in [6.45, 7) is 15.7. The average Bonchev–Trinajstić information content (AvgIpc) is 2.01. The minimum atomic E-state index is -1.22. The molecule has 80 valence electrons. The molecule has 0 aliphatic heterocycles. The lowest BCUT2D eigenvalue weighted by Crippen LogP contribution is -2.16. The Morgan fingerprint density at radius 1 is 1.21 bits per heavy atom. The zero-order valence-electron chi connectivity index (χ0n) is 10.8. The predicted molar refractivity (Wildman–Crippen MR) is 69.0 cm³/mol. The van der Waals surface area contributed by atoms with Gasteiger partial charge in [-0.15, -0.1) is 5.54 Å². The quantitative estimate of drug-likeness (QED) is 0.470. The van der Waals surface area contributed by atoms with Crippen LogP contribution in [0.25, 0.3) is 0 Å². The van der Waals surface area contributed by atoms with E-state index in [1.165, 1.54) is 11.1 Å². The molecule has 0 saturated heterocycles. The normalized spacial score (nSPS) is 13.4. The second kappa shape index (κ2) is 5.41. The van der Waals surface area contributed by atoms with Gasteiger partial charge in [0.15, 0.2) is 0 Å². The molecule has 1 heteroatoms. The Morgan fingerprint density at radius 2 is 1.71 bits per heavy atom. The van der Waals surface area contributed by atoms with E-state index in [0.29, 0.717) is 5.92 Å². The van der Waals surface area contributed by atoms with Crippen molar-refractivity contribution in [2.75, 3.05) is 0 Å². The molecule has 0 radical (unpaired) electrons. The van der Waals surface area contributed by atoms with Crippen LogP contribution in [-0.2, 0) is 0 Å². The second-order valence-electron chi connectivity index (χ2n) is 5.20. The van der Waals surface area contributed by atoms with Crippen molar-refractivity contribution < 1.29 is 0 Å². The summed E-state index contributed by atoms with van der Waals surface area (Å²) in [7, 11) is -1.22. The third-order valence-electron chi connectivity index (χ3n) is 2.14. The zero-order chi connectivity index (χ0) is 11.4. The molecule has 14 heavy (non-hydrogen) atoms. The number of hydrogen-bond acceptors (Lipinski definition) is 0. The van der Waals surface area contributed by atoms with E-state index in [1.54, 1.807) is 0 Å². The first-order valence-corrected chi connectivity index (χ1v) is 9.00. The van der Waals surface area contributed by atoms with Crippen molar-refractivity contribution in [1.82, 2.24) is 0 Å². The van der Waals surface area contributed by atoms with E-state index in [0.717, 1.165) is 6.42 Å². The molecule has 0 bridgehead atoms. The molecule has 0 amide bonds. The number of allylic oxidation sites excluding steroid dienone is 2. The highest BCUT2D eigenvalue weighted by molar-refractivity contribution is 6.83. The van der Waals surface area contributed by atoms with E-state index in [2.05, 4.69) is 58.8 Å². The molecule has 0 aromatic carbocycles. The maximum atomic E-state index is 3.45. The van der Waals surface area contributed by atoms with Gasteiger partial charge < -0.3 is 0 Å². The Bertz CT molecular complexity index is 266. The first-order valence-electron chi connectivity index (χ1n) is 5.50. The van der Waals surface area contributed by atoms with Gasteiger partial charge in [-0.25, -0.2) is 0 Å². The summed E-state index contributed by atoms with van der Waals surface area (Å²) in [5.41, 5.74) is 6.26. The van der Waals surface area contributed by atoms with E-state index < -0.39 is 8.07 Å². The SMILES string of the molecule is CC/C(C)=C(/C#C[Si](C)(C)C)C(C)C. The van der Waals surface area contributed by atoms with Crippen molar-refractivity contribution in [3.63, 3.8) is 0 Å². The van der Waals surface area contributed by atoms with Crippen molar-refractivity contribution in [2.24, 2.45) is 5.92 Å². The standard InChI is InChI=1S/C13H24Si/c1-8-12(4)13(11(2)3)9-10-14(5,6)7/h11H,8H2,1-7H3/b13-12-. The molecule has 0 aliphatic rings. The Balaban J connectivity index is 4.97. The number of hydrogen-bond donors (Lipinski definition) is 0. The Hall–Kier alpha value is -0.483. The van der Waals surface area contributed by atoms with Crippen molar-refractivity contribution in [3.8, 4) is 11.5 Å². The molecule has 0 N–H and O–H groups in total. The van der Waals surface area contributed by atoms with Crippen LogP contribution >= 0.6 is 0 Å². The van der Waals surface area contributed by atoms with E-state index in [4.69, 9.17) is 0 Å². The maximum absolute atomic E-state index is 3.45. The third-order valence-corrected chi connectivity index (χ3v) is 3.01. The summed E-state index contributed by atoms with van der Waals surface area (Å²) in [5, 5.41) is 0. The Labute approximate surface area is 90.8 Å². The van der Waals surface area contributed by atoms with E-state index >= 15 is 0 Å². The van der Waals surface area contributed by atoms with Crippen LogP contribution < -0.4 is 0 Å². The third kappa shape index (κ3) is 5.29. The fourth-order valence-electron chi connectivity index (χ4n) is 1.19. The van der Waals surface area contributed by atoms with Gasteiger partial charge in [-0.05, 0) is 19.3 Å². The van der Waals surface area contributed by atoms with Crippen LogP contribution in [0.1, 0.15) is 34.1 Å². The molecule has 0 atom stereocenters. The van der Waals surface area contributed by atoms with E-state index in [-0.39, 0.29) is 0 Å². The highest BCUT2D eigenvalue weighted by Crippen LogP contribution is 2.16. The molecule has 0 saturated carbocycles. The lowest BCUT2D eigenvalue weighted by atomic mass is 9.97. The smallest absolute Gasteiger partial charge is 0.127 e. The fourth-order valence-corrected chi connectivity index (χ4v) is 1.70. The zero-order valence-corrected chi connectivity index (χ0v) is 11.8. The summed E-state index contributed by atoms with van der Waals surface area (Å²) in [4.78, 5) is 0. The number of rotatable bonds is 2. The lowest BCUT2D eigenvalue weighted by molar-refractivity contribution is 0.778. The molecule has 0 aliphatic carbocycles. The summed E-state index contributed by atoms with van der Waals surface area (Å²) in [6, 6.07) is 0. The van der Waals surface area contributed by atoms with Crippen molar-refractivity contribution >= 4 is 8.07 Å². The van der Waals surface area contributed by atoms with Crippen molar-refractivity contribution in [2.45, 2.75) is 53.8 Å². The van der Waals surface area contributed by atoms with Crippen LogP contribution in [0.5, 0.6) is 0 Å². The first-order chi connectivity index (χ1) is 6.28. The summed E-state index contributed by atoms with van der Waals surface area (Å²) >= 11 is 0. The fraction of sp³-hybridized carbons (Fsp3) is 0.692. The molecule has 0 aromatic heterocycles. The van der Waals surface area contributed by atoms with Crippen LogP contribution in [0.2, 0.25) is 19.6 Å². The highest BCUT2D eigenvalue weighted by atomic mass is 28.3. The van der Waals surface area contributed by atoms with Crippen LogP contribution in [0.3, 0.4) is 0 Å². The van der Waals surface area contributed by atoms with Gasteiger partial charge in [0.1, 0.15) is 8.07 Å². The van der Waals surface area contributed by atoms with E-state index in [1.807, 2.05) is 0 Å². The second-order valence-corrected chi connectivity index (χ2v) is 9.95. The van der Waals surface area contributed by atoms with Crippen molar-refractivity contribution in [1.29, 1.82) is 0 Å². The molecule has 0 rings (SSSR count). The van der Waals surface area contributed by atoms with Gasteiger partial charge in [0.2, 0.25) is 0 Å². The summed E-state index contributed by atoms with van der Waals surface area (Å²) in [5.74, 6) is 3.97. The van der Waals surface area contributed by atoms with Gasteiger partial charge in [0.25, 0.3) is 0 Å². The Morgan fingerprint density at radius 3 is 2.00 bits per heavy atom.